The van der Waals surface area contributed by atoms with Gasteiger partial charge in [0.05, 0.1) is 17.4 Å². The molecule has 0 N–H and O–H groups in total. The number of ether oxygens (including phenoxy) is 1. The molecule has 4 nitrogen and oxygen atoms in total. The molecule has 5 heteroatoms. The van der Waals surface area contributed by atoms with Crippen molar-refractivity contribution in [2.45, 2.75) is 25.4 Å². The van der Waals surface area contributed by atoms with Gasteiger partial charge in [-0.1, -0.05) is 11.6 Å². The lowest BCUT2D eigenvalue weighted by Crippen LogP contribution is -2.32. The number of benzene rings is 1. The lowest BCUT2D eigenvalue weighted by molar-refractivity contribution is -0.114. The van der Waals surface area contributed by atoms with Gasteiger partial charge in [0.15, 0.2) is 0 Å². The van der Waals surface area contributed by atoms with E-state index in [0.717, 1.165) is 25.9 Å². The number of carbonyl (C=O) groups is 2. The Morgan fingerprint density at radius 1 is 1.37 bits per heavy atom. The van der Waals surface area contributed by atoms with Gasteiger partial charge in [0, 0.05) is 18.2 Å². The fourth-order valence-corrected chi connectivity index (χ4v) is 2.80. The number of Topliss-reactive ketones (excluding diaryl/α,β-unsaturated/α-hetero) is 1. The molecule has 0 spiro atoms. The second kappa shape index (κ2) is 4.94. The van der Waals surface area contributed by atoms with Gasteiger partial charge < -0.3 is 9.64 Å². The van der Waals surface area contributed by atoms with Gasteiger partial charge in [0.2, 0.25) is 0 Å². The molecule has 0 bridgehead atoms. The normalized spacial score (nSPS) is 22.2. The summed E-state index contributed by atoms with van der Waals surface area (Å²) in [6.07, 6.45) is 3.05. The van der Waals surface area contributed by atoms with E-state index >= 15 is 0 Å². The van der Waals surface area contributed by atoms with E-state index < -0.39 is 11.7 Å². The van der Waals surface area contributed by atoms with Gasteiger partial charge in [-0.05, 0) is 37.5 Å². The number of fused-ring (bicyclic) bond motifs is 1. The summed E-state index contributed by atoms with van der Waals surface area (Å²) in [7, 11) is 0. The molecule has 0 aromatic heterocycles. The van der Waals surface area contributed by atoms with Crippen LogP contribution < -0.4 is 4.90 Å². The highest BCUT2D eigenvalue weighted by atomic mass is 35.5. The van der Waals surface area contributed by atoms with E-state index in [1.54, 1.807) is 18.2 Å². The first-order valence-electron chi connectivity index (χ1n) is 6.44. The van der Waals surface area contributed by atoms with E-state index in [-0.39, 0.29) is 6.10 Å². The lowest BCUT2D eigenvalue weighted by Gasteiger charge is -2.18. The standard InChI is InChI=1S/C14H14ClNO3/c15-9-3-4-11-12(8-9)16(14(18)13(11)17)6-5-10-2-1-7-19-10/h3-4,8,10H,1-2,5-7H2. The van der Waals surface area contributed by atoms with E-state index in [1.807, 2.05) is 0 Å². The summed E-state index contributed by atoms with van der Waals surface area (Å²) in [4.78, 5) is 25.3. The molecule has 0 saturated carbocycles. The number of amides is 1. The second-order valence-electron chi connectivity index (χ2n) is 4.87. The summed E-state index contributed by atoms with van der Waals surface area (Å²) in [6, 6.07) is 4.92. The smallest absolute Gasteiger partial charge is 0.299 e. The number of nitrogens with zero attached hydrogens (tertiary/aromatic N) is 1. The van der Waals surface area contributed by atoms with Gasteiger partial charge in [-0.15, -0.1) is 0 Å². The maximum atomic E-state index is 12.0. The Labute approximate surface area is 116 Å². The molecular weight excluding hydrogens is 266 g/mol. The molecule has 19 heavy (non-hydrogen) atoms. The van der Waals surface area contributed by atoms with Crippen molar-refractivity contribution in [3.63, 3.8) is 0 Å². The van der Waals surface area contributed by atoms with Crippen LogP contribution in [0.15, 0.2) is 18.2 Å². The molecule has 1 aromatic rings. The molecule has 2 heterocycles. The molecule has 2 aliphatic heterocycles. The Morgan fingerprint density at radius 2 is 2.21 bits per heavy atom. The van der Waals surface area contributed by atoms with E-state index in [2.05, 4.69) is 0 Å². The Balaban J connectivity index is 1.79. The van der Waals surface area contributed by atoms with Gasteiger partial charge in [0.1, 0.15) is 0 Å². The first-order valence-corrected chi connectivity index (χ1v) is 6.82. The molecule has 1 saturated heterocycles. The van der Waals surface area contributed by atoms with E-state index in [9.17, 15) is 9.59 Å². The minimum absolute atomic E-state index is 0.200. The molecule has 1 aromatic carbocycles. The minimum Gasteiger partial charge on any atom is -0.378 e. The molecule has 100 valence electrons. The number of ketones is 1. The first-order chi connectivity index (χ1) is 9.16. The third kappa shape index (κ3) is 2.26. The van der Waals surface area contributed by atoms with Crippen LogP contribution in [0.2, 0.25) is 5.02 Å². The summed E-state index contributed by atoms with van der Waals surface area (Å²) in [5.41, 5.74) is 1.07. The van der Waals surface area contributed by atoms with Gasteiger partial charge in [-0.3, -0.25) is 9.59 Å². The molecule has 0 radical (unpaired) electrons. The quantitative estimate of drug-likeness (QED) is 0.799. The van der Waals surface area contributed by atoms with Crippen molar-refractivity contribution < 1.29 is 14.3 Å². The zero-order valence-corrected chi connectivity index (χ0v) is 11.2. The lowest BCUT2D eigenvalue weighted by atomic mass is 10.1. The van der Waals surface area contributed by atoms with Crippen molar-refractivity contribution in [2.24, 2.45) is 0 Å². The summed E-state index contributed by atoms with van der Waals surface area (Å²) in [6.45, 7) is 1.29. The molecule has 1 amide bonds. The molecule has 3 rings (SSSR count). The van der Waals surface area contributed by atoms with Crippen LogP contribution >= 0.6 is 11.6 Å². The van der Waals surface area contributed by atoms with Gasteiger partial charge in [0.25, 0.3) is 11.7 Å². The Hall–Kier alpha value is -1.39. The fraction of sp³-hybridized carbons (Fsp3) is 0.429. The Bertz CT molecular complexity index is 537. The van der Waals surface area contributed by atoms with Crippen LogP contribution in [0.4, 0.5) is 5.69 Å². The SMILES string of the molecule is O=C1C(=O)N(CCC2CCCO2)c2cc(Cl)ccc21. The van der Waals surface area contributed by atoms with Crippen molar-refractivity contribution in [2.75, 3.05) is 18.1 Å². The second-order valence-corrected chi connectivity index (χ2v) is 5.31. The molecule has 2 aliphatic rings. The molecular formula is C14H14ClNO3. The predicted molar refractivity (Wildman–Crippen MR) is 71.7 cm³/mol. The first kappa shape index (κ1) is 12.6. The highest BCUT2D eigenvalue weighted by Crippen LogP contribution is 2.32. The van der Waals surface area contributed by atoms with Gasteiger partial charge in [-0.2, -0.15) is 0 Å². The van der Waals surface area contributed by atoms with E-state index in [1.165, 1.54) is 4.90 Å². The summed E-state index contributed by atoms with van der Waals surface area (Å²) >= 11 is 5.94. The maximum Gasteiger partial charge on any atom is 0.299 e. The molecule has 0 aliphatic carbocycles. The molecule has 1 atom stereocenters. The van der Waals surface area contributed by atoms with Crippen LogP contribution in [-0.2, 0) is 9.53 Å². The van der Waals surface area contributed by atoms with Crippen LogP contribution in [0.1, 0.15) is 29.6 Å². The van der Waals surface area contributed by atoms with Gasteiger partial charge >= 0.3 is 0 Å². The average Bonchev–Trinajstić information content (AvgIpc) is 2.98. The topological polar surface area (TPSA) is 46.6 Å². The van der Waals surface area contributed by atoms with Crippen molar-refractivity contribution >= 4 is 29.0 Å². The molecule has 1 fully saturated rings. The zero-order valence-electron chi connectivity index (χ0n) is 10.4. The summed E-state index contributed by atoms with van der Waals surface area (Å²) in [5.74, 6) is -0.908. The highest BCUT2D eigenvalue weighted by molar-refractivity contribution is 6.52. The van der Waals surface area contributed by atoms with Crippen LogP contribution in [0.5, 0.6) is 0 Å². The Morgan fingerprint density at radius 3 is 2.95 bits per heavy atom. The third-order valence-corrected chi connectivity index (χ3v) is 3.87. The maximum absolute atomic E-state index is 12.0. The number of hydrogen-bond donors (Lipinski definition) is 0. The number of carbonyl (C=O) groups excluding carboxylic acids is 2. The number of rotatable bonds is 3. The highest BCUT2D eigenvalue weighted by Gasteiger charge is 2.36. The van der Waals surface area contributed by atoms with Crippen molar-refractivity contribution in [3.8, 4) is 0 Å². The van der Waals surface area contributed by atoms with Gasteiger partial charge in [-0.25, -0.2) is 0 Å². The van der Waals surface area contributed by atoms with Crippen LogP contribution in [0, 0.1) is 0 Å². The van der Waals surface area contributed by atoms with Crippen molar-refractivity contribution in [1.29, 1.82) is 0 Å². The summed E-state index contributed by atoms with van der Waals surface area (Å²) < 4.78 is 5.54. The predicted octanol–water partition coefficient (Wildman–Crippen LogP) is 2.44. The zero-order chi connectivity index (χ0) is 13.4. The monoisotopic (exact) mass is 279 g/mol. The minimum atomic E-state index is -0.463. The number of hydrogen-bond acceptors (Lipinski definition) is 3. The van der Waals surface area contributed by atoms with Crippen LogP contribution in [-0.4, -0.2) is 30.9 Å². The number of anilines is 1. The third-order valence-electron chi connectivity index (χ3n) is 3.63. The van der Waals surface area contributed by atoms with E-state index in [4.69, 9.17) is 16.3 Å². The van der Waals surface area contributed by atoms with E-state index in [0.29, 0.717) is 22.8 Å². The summed E-state index contributed by atoms with van der Waals surface area (Å²) in [5, 5.41) is 0.531. The fourth-order valence-electron chi connectivity index (χ4n) is 2.63. The van der Waals surface area contributed by atoms with Crippen LogP contribution in [0.3, 0.4) is 0 Å². The molecule has 1 unspecified atom stereocenters. The van der Waals surface area contributed by atoms with Crippen molar-refractivity contribution in [1.82, 2.24) is 0 Å². The number of halogens is 1. The Kier molecular flexibility index (Phi) is 3.29. The average molecular weight is 280 g/mol. The van der Waals surface area contributed by atoms with Crippen LogP contribution in [0.25, 0.3) is 0 Å². The van der Waals surface area contributed by atoms with Crippen molar-refractivity contribution in [3.05, 3.63) is 28.8 Å². The largest absolute Gasteiger partial charge is 0.378 e.